The van der Waals surface area contributed by atoms with Crippen LogP contribution in [0.5, 0.6) is 23.3 Å². The van der Waals surface area contributed by atoms with Gasteiger partial charge in [-0.05, 0) is 83.9 Å². The average Bonchev–Trinajstić information content (AvgIpc) is 4.10. The summed E-state index contributed by atoms with van der Waals surface area (Å²) in [5.41, 5.74) is 4.56. The standard InChI is InChI=1S/2C24H18F2N2O4.2CH4/c2*1-31-23-16(3-2-9-27-23)19-20-18(7-4-13-8-10-32-22(13)20)28(21(19)24(29)30)12-14-11-15(25)5-6-17(14)26;;/h2*2-7,9,11H,8,10,12H2,1H3,(H,29,30);2*1H4. The van der Waals surface area contributed by atoms with Crippen LogP contribution < -0.4 is 18.9 Å². The molecule has 2 N–H and O–H groups in total. The number of aromatic nitrogens is 4. The lowest BCUT2D eigenvalue weighted by Crippen LogP contribution is -2.12. The molecule has 0 aliphatic carbocycles. The summed E-state index contributed by atoms with van der Waals surface area (Å²) in [5.74, 6) is -3.21. The second kappa shape index (κ2) is 18.7. The van der Waals surface area contributed by atoms with Crippen molar-refractivity contribution in [2.24, 2.45) is 0 Å². The summed E-state index contributed by atoms with van der Waals surface area (Å²) >= 11 is 0. The molecule has 0 bridgehead atoms. The Morgan fingerprint density at radius 3 is 1.41 bits per heavy atom. The lowest BCUT2D eigenvalue weighted by atomic mass is 10.00. The minimum absolute atomic E-state index is 0. The van der Waals surface area contributed by atoms with Crippen molar-refractivity contribution in [2.45, 2.75) is 40.8 Å². The fourth-order valence-electron chi connectivity index (χ4n) is 8.62. The molecular formula is C50H44F4N4O8. The second-order valence-corrected chi connectivity index (χ2v) is 14.9. The number of pyridine rings is 2. The SMILES string of the molecule is C.C.COc1ncccc1-c1c(C(=O)O)n(Cc2cc(F)ccc2F)c2ccc3c(c12)OCC3.COc1ncccc1-c1c(C(=O)O)n(Cc2cc(F)ccc2F)c2ccc3c(c12)OCC3. The number of rotatable bonds is 10. The summed E-state index contributed by atoms with van der Waals surface area (Å²) in [6, 6.07) is 20.4. The smallest absolute Gasteiger partial charge is 0.353 e. The first kappa shape index (κ1) is 46.1. The molecule has 4 aromatic heterocycles. The van der Waals surface area contributed by atoms with Crippen LogP contribution in [0.2, 0.25) is 0 Å². The lowest BCUT2D eigenvalue weighted by Gasteiger charge is -2.11. The number of benzene rings is 4. The minimum atomic E-state index is -1.22. The lowest BCUT2D eigenvalue weighted by molar-refractivity contribution is 0.0676. The highest BCUT2D eigenvalue weighted by Gasteiger charge is 2.33. The van der Waals surface area contributed by atoms with Gasteiger partial charge in [0, 0.05) is 58.6 Å². The van der Waals surface area contributed by atoms with E-state index in [0.29, 0.717) is 81.6 Å². The molecule has 12 nitrogen and oxygen atoms in total. The van der Waals surface area contributed by atoms with Gasteiger partial charge in [-0.2, -0.15) is 0 Å². The first-order valence-corrected chi connectivity index (χ1v) is 19.9. The minimum Gasteiger partial charge on any atom is -0.492 e. The Labute approximate surface area is 376 Å². The largest absolute Gasteiger partial charge is 0.492 e. The molecule has 8 aromatic rings. The highest BCUT2D eigenvalue weighted by atomic mass is 19.1. The Morgan fingerprint density at radius 2 is 1.03 bits per heavy atom. The molecule has 2 aliphatic rings. The topological polar surface area (TPSA) is 147 Å². The van der Waals surface area contributed by atoms with Gasteiger partial charge in [0.15, 0.2) is 0 Å². The molecule has 4 aromatic carbocycles. The number of fused-ring (bicyclic) bond motifs is 6. The van der Waals surface area contributed by atoms with Crippen LogP contribution in [0.3, 0.4) is 0 Å². The predicted octanol–water partition coefficient (Wildman–Crippen LogP) is 10.6. The molecule has 0 amide bonds. The number of hydrogen-bond donors (Lipinski definition) is 2. The van der Waals surface area contributed by atoms with E-state index in [4.69, 9.17) is 18.9 Å². The molecule has 66 heavy (non-hydrogen) atoms. The van der Waals surface area contributed by atoms with Crippen LogP contribution >= 0.6 is 0 Å². The molecule has 10 rings (SSSR count). The molecule has 6 heterocycles. The number of carboxylic acids is 2. The number of halogens is 4. The van der Waals surface area contributed by atoms with Crippen molar-refractivity contribution in [3.63, 3.8) is 0 Å². The second-order valence-electron chi connectivity index (χ2n) is 14.9. The van der Waals surface area contributed by atoms with Gasteiger partial charge in [0.05, 0.1) is 62.3 Å². The van der Waals surface area contributed by atoms with E-state index in [9.17, 15) is 37.4 Å². The van der Waals surface area contributed by atoms with Gasteiger partial charge >= 0.3 is 11.9 Å². The van der Waals surface area contributed by atoms with Gasteiger partial charge < -0.3 is 38.3 Å². The van der Waals surface area contributed by atoms with E-state index in [0.717, 1.165) is 47.5 Å². The van der Waals surface area contributed by atoms with Crippen LogP contribution in [0.15, 0.2) is 97.3 Å². The van der Waals surface area contributed by atoms with Crippen molar-refractivity contribution in [3.8, 4) is 45.5 Å². The first-order valence-electron chi connectivity index (χ1n) is 19.9. The summed E-state index contributed by atoms with van der Waals surface area (Å²) in [7, 11) is 2.91. The Hall–Kier alpha value is -7.88. The third-order valence-corrected chi connectivity index (χ3v) is 11.3. The normalized spacial score (nSPS) is 12.2. The number of nitrogens with zero attached hydrogens (tertiary/aromatic N) is 4. The molecule has 0 spiro atoms. The zero-order chi connectivity index (χ0) is 44.8. The molecule has 0 fully saturated rings. The molecule has 0 atom stereocenters. The van der Waals surface area contributed by atoms with Gasteiger partial charge in [0.1, 0.15) is 46.2 Å². The number of hydrogen-bond acceptors (Lipinski definition) is 8. The summed E-state index contributed by atoms with van der Waals surface area (Å²) < 4.78 is 82.1. The van der Waals surface area contributed by atoms with Crippen molar-refractivity contribution in [2.75, 3.05) is 27.4 Å². The fraction of sp³-hybridized carbons (Fsp3) is 0.200. The summed E-state index contributed by atoms with van der Waals surface area (Å²) in [6.45, 7) is 0.598. The van der Waals surface area contributed by atoms with Gasteiger partial charge in [-0.3, -0.25) is 0 Å². The Bertz CT molecular complexity index is 2970. The van der Waals surface area contributed by atoms with E-state index in [1.807, 2.05) is 12.1 Å². The number of ether oxygens (including phenoxy) is 4. The number of carboxylic acid groups (broad SMARTS) is 2. The highest BCUT2D eigenvalue weighted by Crippen LogP contribution is 2.48. The van der Waals surface area contributed by atoms with E-state index >= 15 is 0 Å². The van der Waals surface area contributed by atoms with Crippen molar-refractivity contribution in [3.05, 3.63) is 154 Å². The van der Waals surface area contributed by atoms with E-state index < -0.39 is 35.2 Å². The van der Waals surface area contributed by atoms with Crippen molar-refractivity contribution >= 4 is 33.7 Å². The van der Waals surface area contributed by atoms with E-state index in [-0.39, 0.29) is 62.2 Å². The van der Waals surface area contributed by atoms with Crippen LogP contribution in [0.25, 0.3) is 44.1 Å². The van der Waals surface area contributed by atoms with E-state index in [1.54, 1.807) is 48.8 Å². The maximum absolute atomic E-state index is 14.5. The van der Waals surface area contributed by atoms with Gasteiger partial charge in [0.25, 0.3) is 0 Å². The average molecular weight is 905 g/mol. The monoisotopic (exact) mass is 904 g/mol. The van der Waals surface area contributed by atoms with Crippen LogP contribution in [0, 0.1) is 23.3 Å². The Morgan fingerprint density at radius 1 is 0.621 bits per heavy atom. The zero-order valence-corrected chi connectivity index (χ0v) is 34.1. The summed E-state index contributed by atoms with van der Waals surface area (Å²) in [4.78, 5) is 33.5. The number of methoxy groups -OCH3 is 2. The maximum atomic E-state index is 14.5. The van der Waals surface area contributed by atoms with Gasteiger partial charge in [-0.25, -0.2) is 37.1 Å². The van der Waals surface area contributed by atoms with Gasteiger partial charge in [-0.1, -0.05) is 27.0 Å². The van der Waals surface area contributed by atoms with Crippen molar-refractivity contribution < 1.29 is 56.3 Å². The maximum Gasteiger partial charge on any atom is 0.353 e. The number of aromatic carboxylic acids is 2. The Balaban J connectivity index is 0.000000191. The van der Waals surface area contributed by atoms with Crippen LogP contribution in [0.1, 0.15) is 58.1 Å². The molecule has 0 unspecified atom stereocenters. The molecule has 340 valence electrons. The predicted molar refractivity (Wildman–Crippen MR) is 240 cm³/mol. The van der Waals surface area contributed by atoms with Gasteiger partial charge in [-0.15, -0.1) is 0 Å². The fourth-order valence-corrected chi connectivity index (χ4v) is 8.62. The zero-order valence-electron chi connectivity index (χ0n) is 34.1. The van der Waals surface area contributed by atoms with Crippen LogP contribution in [-0.4, -0.2) is 68.7 Å². The van der Waals surface area contributed by atoms with Crippen LogP contribution in [0.4, 0.5) is 17.6 Å². The molecular weight excluding hydrogens is 861 g/mol. The number of carbonyl (C=O) groups is 2. The third-order valence-electron chi connectivity index (χ3n) is 11.3. The van der Waals surface area contributed by atoms with E-state index in [2.05, 4.69) is 9.97 Å². The summed E-state index contributed by atoms with van der Waals surface area (Å²) in [6.07, 6.45) is 4.48. The highest BCUT2D eigenvalue weighted by molar-refractivity contribution is 6.13. The van der Waals surface area contributed by atoms with Gasteiger partial charge in [0.2, 0.25) is 11.8 Å². The van der Waals surface area contributed by atoms with Crippen molar-refractivity contribution in [1.82, 2.24) is 19.1 Å². The molecule has 0 radical (unpaired) electrons. The molecule has 16 heteroatoms. The van der Waals surface area contributed by atoms with Crippen LogP contribution in [-0.2, 0) is 25.9 Å². The Kier molecular flexibility index (Phi) is 13.1. The van der Waals surface area contributed by atoms with E-state index in [1.165, 1.54) is 23.4 Å². The quantitative estimate of drug-likeness (QED) is 0.127. The molecule has 0 saturated carbocycles. The summed E-state index contributed by atoms with van der Waals surface area (Å²) in [5, 5.41) is 21.6. The molecule has 0 saturated heterocycles. The van der Waals surface area contributed by atoms with Crippen molar-refractivity contribution in [1.29, 1.82) is 0 Å². The first-order chi connectivity index (χ1) is 31.0. The molecule has 2 aliphatic heterocycles. The third kappa shape index (κ3) is 7.99.